The normalized spacial score (nSPS) is 53.0. The molecule has 0 aromatic heterocycles. The van der Waals surface area contributed by atoms with E-state index in [2.05, 4.69) is 6.58 Å². The van der Waals surface area contributed by atoms with Crippen LogP contribution in [0.5, 0.6) is 0 Å². The summed E-state index contributed by atoms with van der Waals surface area (Å²) in [5, 5.41) is 0. The van der Waals surface area contributed by atoms with Crippen LogP contribution in [0.3, 0.4) is 0 Å². The Kier molecular flexibility index (Phi) is 1.93. The number of fused-ring (bicyclic) bond motifs is 7. The van der Waals surface area contributed by atoms with Gasteiger partial charge in [-0.2, -0.15) is 0 Å². The Balaban J connectivity index is 1.59. The maximum atomic E-state index is 12.0. The Hall–Kier alpha value is -1.66. The highest BCUT2D eigenvalue weighted by molar-refractivity contribution is 5.94. The lowest BCUT2D eigenvalue weighted by Gasteiger charge is -2.23. The fourth-order valence-corrected chi connectivity index (χ4v) is 3.92. The minimum absolute atomic E-state index is 0.0541. The molecule has 0 N–H and O–H groups in total. The van der Waals surface area contributed by atoms with Gasteiger partial charge in [0.05, 0.1) is 17.1 Å². The number of hydrogen-bond acceptors (Lipinski definition) is 6. The summed E-state index contributed by atoms with van der Waals surface area (Å²) in [5.41, 5.74) is 0.536. The smallest absolute Gasteiger partial charge is 0.337 e. The van der Waals surface area contributed by atoms with E-state index in [4.69, 9.17) is 18.9 Å². The van der Waals surface area contributed by atoms with E-state index in [1.165, 1.54) is 0 Å². The largest absolute Gasteiger partial charge is 0.458 e. The van der Waals surface area contributed by atoms with E-state index in [0.29, 0.717) is 17.6 Å². The van der Waals surface area contributed by atoms with Crippen LogP contribution in [0.1, 0.15) is 13.3 Å². The molecule has 0 saturated carbocycles. The zero-order valence-electron chi connectivity index (χ0n) is 11.4. The summed E-state index contributed by atoms with van der Waals surface area (Å²) >= 11 is 0. The minimum atomic E-state index is -0.500. The molecule has 6 nitrogen and oxygen atoms in total. The quantitative estimate of drug-likeness (QED) is 0.362. The summed E-state index contributed by atoms with van der Waals surface area (Å²) in [6.07, 6.45) is 1.08. The van der Waals surface area contributed by atoms with E-state index in [-0.39, 0.29) is 41.9 Å². The zero-order valence-corrected chi connectivity index (χ0v) is 11.4. The third-order valence-corrected chi connectivity index (χ3v) is 5.18. The van der Waals surface area contributed by atoms with Gasteiger partial charge in [0.15, 0.2) is 0 Å². The van der Waals surface area contributed by atoms with Crippen LogP contribution < -0.4 is 0 Å². The first-order valence-electron chi connectivity index (χ1n) is 7.14. The van der Waals surface area contributed by atoms with Crippen molar-refractivity contribution < 1.29 is 28.5 Å². The number of ether oxygens (including phenoxy) is 4. The van der Waals surface area contributed by atoms with Gasteiger partial charge >= 0.3 is 11.9 Å². The molecule has 0 radical (unpaired) electrons. The molecule has 2 bridgehead atoms. The molecule has 110 valence electrons. The Morgan fingerprint density at radius 3 is 2.90 bits per heavy atom. The van der Waals surface area contributed by atoms with Gasteiger partial charge in [-0.15, -0.1) is 0 Å². The van der Waals surface area contributed by atoms with Crippen molar-refractivity contribution in [2.24, 2.45) is 5.92 Å². The number of carbonyl (C=O) groups excluding carboxylic acids is 2. The molecule has 4 aliphatic heterocycles. The first kappa shape index (κ1) is 11.9. The summed E-state index contributed by atoms with van der Waals surface area (Å²) in [6, 6.07) is 0. The van der Waals surface area contributed by atoms with Crippen molar-refractivity contribution in [3.8, 4) is 0 Å². The molecule has 5 aliphatic rings. The SMILES string of the molecule is C=C1C(=O)O[C@H]2C[C@@]3(C)O[C@@H]3[C@@H]3O[C@@H]3C3=C[C@@H](OC3=O)[C@H]12. The molecule has 0 unspecified atom stereocenters. The summed E-state index contributed by atoms with van der Waals surface area (Å²) in [6.45, 7) is 5.80. The molecule has 6 heteroatoms. The van der Waals surface area contributed by atoms with Gasteiger partial charge in [-0.05, 0) is 13.0 Å². The van der Waals surface area contributed by atoms with Crippen LogP contribution in [-0.4, -0.2) is 48.1 Å². The van der Waals surface area contributed by atoms with Crippen LogP contribution in [0.25, 0.3) is 0 Å². The third kappa shape index (κ3) is 1.44. The molecule has 3 fully saturated rings. The van der Waals surface area contributed by atoms with Gasteiger partial charge in [-0.1, -0.05) is 6.58 Å². The van der Waals surface area contributed by atoms with Crippen molar-refractivity contribution in [2.45, 2.75) is 49.5 Å². The van der Waals surface area contributed by atoms with Crippen molar-refractivity contribution in [2.75, 3.05) is 0 Å². The topological polar surface area (TPSA) is 77.7 Å². The van der Waals surface area contributed by atoms with Gasteiger partial charge in [-0.25, -0.2) is 9.59 Å². The number of esters is 2. The molecule has 0 aromatic carbocycles. The maximum Gasteiger partial charge on any atom is 0.337 e. The van der Waals surface area contributed by atoms with Gasteiger partial charge in [0.25, 0.3) is 0 Å². The molecule has 7 atom stereocenters. The zero-order chi connectivity index (χ0) is 14.5. The Bertz CT molecular complexity index is 636. The summed E-state index contributed by atoms with van der Waals surface area (Å²) in [7, 11) is 0. The third-order valence-electron chi connectivity index (χ3n) is 5.18. The predicted molar refractivity (Wildman–Crippen MR) is 67.0 cm³/mol. The summed E-state index contributed by atoms with van der Waals surface area (Å²) in [4.78, 5) is 23.9. The van der Waals surface area contributed by atoms with Gasteiger partial charge in [0.1, 0.15) is 30.5 Å². The fraction of sp³-hybridized carbons (Fsp3) is 0.600. The average Bonchev–Trinajstić information content (AvgIpc) is 3.25. The fourth-order valence-electron chi connectivity index (χ4n) is 3.92. The van der Waals surface area contributed by atoms with Crippen LogP contribution >= 0.6 is 0 Å². The van der Waals surface area contributed by atoms with E-state index >= 15 is 0 Å². The highest BCUT2D eigenvalue weighted by Gasteiger charge is 2.68. The van der Waals surface area contributed by atoms with Gasteiger partial charge in [0, 0.05) is 12.0 Å². The lowest BCUT2D eigenvalue weighted by atomic mass is 9.83. The van der Waals surface area contributed by atoms with E-state index in [1.54, 1.807) is 6.08 Å². The first-order chi connectivity index (χ1) is 9.98. The summed E-state index contributed by atoms with van der Waals surface area (Å²) in [5.74, 6) is -1.12. The molecule has 0 aromatic rings. The molecular weight excluding hydrogens is 276 g/mol. The highest BCUT2D eigenvalue weighted by atomic mass is 16.7. The second kappa shape index (κ2) is 3.39. The maximum absolute atomic E-state index is 12.0. The second-order valence-corrected chi connectivity index (χ2v) is 6.56. The van der Waals surface area contributed by atoms with Crippen molar-refractivity contribution in [3.05, 3.63) is 23.8 Å². The van der Waals surface area contributed by atoms with Crippen LogP contribution in [0, 0.1) is 5.92 Å². The van der Waals surface area contributed by atoms with Gasteiger partial charge < -0.3 is 18.9 Å². The number of carbonyl (C=O) groups is 2. The molecule has 0 amide bonds. The molecule has 1 aliphatic carbocycles. The number of rotatable bonds is 0. The molecule has 21 heavy (non-hydrogen) atoms. The van der Waals surface area contributed by atoms with E-state index in [9.17, 15) is 9.59 Å². The van der Waals surface area contributed by atoms with Crippen molar-refractivity contribution in [3.63, 3.8) is 0 Å². The number of hydrogen-bond donors (Lipinski definition) is 0. The van der Waals surface area contributed by atoms with E-state index in [1.807, 2.05) is 6.92 Å². The van der Waals surface area contributed by atoms with Crippen molar-refractivity contribution in [1.29, 1.82) is 0 Å². The molecular formula is C15H14O6. The standard InChI is InChI=1S/C15H14O6/c1-5-9-7-3-6(14(17)18-7)10-11(20-10)12-15(2,21-12)4-8(9)19-13(5)16/h3,7-12H,1,4H2,2H3/t7-,8+,9+,10-,11-,12-,15-/m1/s1. The first-order valence-corrected chi connectivity index (χ1v) is 7.14. The Labute approximate surface area is 120 Å². The second-order valence-electron chi connectivity index (χ2n) is 6.56. The highest BCUT2D eigenvalue weighted by Crippen LogP contribution is 2.54. The van der Waals surface area contributed by atoms with E-state index < -0.39 is 12.1 Å². The lowest BCUT2D eigenvalue weighted by molar-refractivity contribution is -0.143. The molecule has 5 rings (SSSR count). The van der Waals surface area contributed by atoms with Crippen molar-refractivity contribution >= 4 is 11.9 Å². The lowest BCUT2D eigenvalue weighted by Crippen LogP contribution is -2.33. The Morgan fingerprint density at radius 1 is 1.29 bits per heavy atom. The van der Waals surface area contributed by atoms with Crippen LogP contribution in [0.4, 0.5) is 0 Å². The minimum Gasteiger partial charge on any atom is -0.458 e. The average molecular weight is 290 g/mol. The van der Waals surface area contributed by atoms with Gasteiger partial charge in [-0.3, -0.25) is 0 Å². The summed E-state index contributed by atoms with van der Waals surface area (Å²) < 4.78 is 22.3. The number of epoxide rings is 2. The van der Waals surface area contributed by atoms with Gasteiger partial charge in [0.2, 0.25) is 0 Å². The Morgan fingerprint density at radius 2 is 2.10 bits per heavy atom. The monoisotopic (exact) mass is 290 g/mol. The van der Waals surface area contributed by atoms with Crippen LogP contribution in [0.2, 0.25) is 0 Å². The molecule has 3 saturated heterocycles. The van der Waals surface area contributed by atoms with E-state index in [0.717, 1.165) is 0 Å². The predicted octanol–water partition coefficient (Wildman–Crippen LogP) is 0.265. The van der Waals surface area contributed by atoms with Crippen LogP contribution in [0.15, 0.2) is 23.8 Å². The van der Waals surface area contributed by atoms with Crippen molar-refractivity contribution in [1.82, 2.24) is 0 Å². The van der Waals surface area contributed by atoms with Crippen LogP contribution in [-0.2, 0) is 28.5 Å². The molecule has 0 spiro atoms. The molecule has 4 heterocycles.